The van der Waals surface area contributed by atoms with E-state index in [1.807, 2.05) is 42.5 Å². The first kappa shape index (κ1) is 30.4. The van der Waals surface area contributed by atoms with E-state index in [9.17, 15) is 0 Å². The van der Waals surface area contributed by atoms with Crippen molar-refractivity contribution in [2.24, 2.45) is 0 Å². The average Bonchev–Trinajstić information content (AvgIpc) is 3.83. The Labute approximate surface area is 305 Å². The molecule has 10 aromatic rings. The van der Waals surface area contributed by atoms with Gasteiger partial charge in [0.1, 0.15) is 22.6 Å². The number of para-hydroxylation sites is 2. The first-order valence-corrected chi connectivity index (χ1v) is 18.3. The summed E-state index contributed by atoms with van der Waals surface area (Å²) in [4.78, 5) is 20.2. The number of aromatic amines is 1. The number of benzene rings is 4. The van der Waals surface area contributed by atoms with Crippen LogP contribution < -0.4 is 0 Å². The van der Waals surface area contributed by atoms with E-state index in [2.05, 4.69) is 107 Å². The van der Waals surface area contributed by atoms with Crippen molar-refractivity contribution in [3.05, 3.63) is 114 Å². The molecule has 0 fully saturated rings. The molecule has 8 bridgehead atoms. The van der Waals surface area contributed by atoms with Crippen molar-refractivity contribution < 1.29 is 8.83 Å². The highest BCUT2D eigenvalue weighted by Crippen LogP contribution is 2.46. The van der Waals surface area contributed by atoms with Gasteiger partial charge in [0.2, 0.25) is 0 Å². The molecule has 7 heterocycles. The zero-order chi connectivity index (χ0) is 36.0. The number of hydrogen-bond donors (Lipinski definition) is 1. The lowest BCUT2D eigenvalue weighted by Crippen LogP contribution is -2.11. The van der Waals surface area contributed by atoms with Gasteiger partial charge in [-0.25, -0.2) is 15.0 Å². The Morgan fingerprint density at radius 1 is 0.434 bits per heavy atom. The summed E-state index contributed by atoms with van der Waals surface area (Å²) in [5, 5.41) is 6.42. The molecule has 0 radical (unpaired) electrons. The maximum atomic E-state index is 6.61. The molecule has 0 saturated carbocycles. The van der Waals surface area contributed by atoms with Gasteiger partial charge in [-0.05, 0) is 82.6 Å². The molecule has 0 amide bonds. The van der Waals surface area contributed by atoms with Crippen LogP contribution in [0.2, 0.25) is 0 Å². The molecule has 6 aromatic heterocycles. The van der Waals surface area contributed by atoms with E-state index in [1.54, 1.807) is 0 Å². The number of H-pyrrole nitrogens is 1. The van der Waals surface area contributed by atoms with E-state index in [0.29, 0.717) is 33.9 Å². The standard InChI is InChI=1S/C47H36N4O2/c1-46(2,3)24-18-28-29-19-25(47(4,5)6)21-33-37-23-31-27-13-8-10-17-39(27)53-45(31)43(50-37)35-15-11-14-34(48-35)42-44-30(26-12-7-9-16-38(26)52-44)22-36(49-42)32(20-24)40(28)51-41(29)33/h7-23,51H,1-6H3. The topological polar surface area (TPSA) is 80.7 Å². The van der Waals surface area contributed by atoms with Crippen LogP contribution in [0.3, 0.4) is 0 Å². The van der Waals surface area contributed by atoms with Crippen molar-refractivity contribution in [3.63, 3.8) is 0 Å². The van der Waals surface area contributed by atoms with Gasteiger partial charge in [-0.2, -0.15) is 0 Å². The summed E-state index contributed by atoms with van der Waals surface area (Å²) in [5.74, 6) is 0. The maximum Gasteiger partial charge on any atom is 0.163 e. The Bertz CT molecular complexity index is 2990. The third kappa shape index (κ3) is 4.35. The molecule has 256 valence electrons. The summed E-state index contributed by atoms with van der Waals surface area (Å²) in [6.07, 6.45) is 0. The van der Waals surface area contributed by atoms with Crippen molar-refractivity contribution in [1.82, 2.24) is 19.9 Å². The summed E-state index contributed by atoms with van der Waals surface area (Å²) >= 11 is 0. The predicted octanol–water partition coefficient (Wildman–Crippen LogP) is 12.9. The second kappa shape index (κ2) is 10.2. The van der Waals surface area contributed by atoms with E-state index in [-0.39, 0.29) is 10.8 Å². The van der Waals surface area contributed by atoms with Crippen LogP contribution >= 0.6 is 0 Å². The molecule has 6 heteroatoms. The minimum atomic E-state index is -0.116. The summed E-state index contributed by atoms with van der Waals surface area (Å²) in [6, 6.07) is 36.2. The summed E-state index contributed by atoms with van der Waals surface area (Å²) < 4.78 is 13.2. The molecule has 0 atom stereocenters. The van der Waals surface area contributed by atoms with Crippen LogP contribution in [0, 0.1) is 0 Å². The van der Waals surface area contributed by atoms with Gasteiger partial charge in [-0.1, -0.05) is 84.0 Å². The lowest BCUT2D eigenvalue weighted by atomic mass is 9.83. The average molecular weight is 689 g/mol. The van der Waals surface area contributed by atoms with Gasteiger partial charge in [0.25, 0.3) is 0 Å². The molecular weight excluding hydrogens is 653 g/mol. The molecule has 6 nitrogen and oxygen atoms in total. The Kier molecular flexibility index (Phi) is 5.84. The fraction of sp³-hybridized carbons (Fsp3) is 0.170. The third-order valence-corrected chi connectivity index (χ3v) is 11.1. The van der Waals surface area contributed by atoms with E-state index in [0.717, 1.165) is 66.3 Å². The fourth-order valence-electron chi connectivity index (χ4n) is 8.14. The molecule has 0 spiro atoms. The first-order valence-electron chi connectivity index (χ1n) is 18.3. The number of hydrogen-bond acceptors (Lipinski definition) is 5. The van der Waals surface area contributed by atoms with Crippen molar-refractivity contribution in [1.29, 1.82) is 0 Å². The largest absolute Gasteiger partial charge is 0.454 e. The molecule has 0 aliphatic carbocycles. The minimum Gasteiger partial charge on any atom is -0.454 e. The van der Waals surface area contributed by atoms with Crippen LogP contribution in [-0.4, -0.2) is 19.9 Å². The normalized spacial score (nSPS) is 13.1. The molecule has 53 heavy (non-hydrogen) atoms. The third-order valence-electron chi connectivity index (χ3n) is 11.1. The molecule has 0 saturated heterocycles. The van der Waals surface area contributed by atoms with Gasteiger partial charge < -0.3 is 13.8 Å². The highest BCUT2D eigenvalue weighted by atomic mass is 16.3. The summed E-state index contributed by atoms with van der Waals surface area (Å²) in [5.41, 5.74) is 13.9. The monoisotopic (exact) mass is 688 g/mol. The van der Waals surface area contributed by atoms with Gasteiger partial charge in [0.05, 0.1) is 33.8 Å². The minimum absolute atomic E-state index is 0.116. The number of furan rings is 2. The van der Waals surface area contributed by atoms with Crippen LogP contribution in [0.4, 0.5) is 0 Å². The second-order valence-electron chi connectivity index (χ2n) is 16.6. The zero-order valence-electron chi connectivity index (χ0n) is 30.5. The Morgan fingerprint density at radius 2 is 0.887 bits per heavy atom. The van der Waals surface area contributed by atoms with Crippen molar-refractivity contribution in [2.45, 2.75) is 52.4 Å². The SMILES string of the molecule is CC(C)(C)c1cc2c3[nH]c4c(cc(C(C)(C)C)cc4c3c1)-c1cc3c(oc4ccccc43)c(n1)-c1cccc(n1)-c1nc-2cc2c1oc1ccccc12. The maximum absolute atomic E-state index is 6.61. The zero-order valence-corrected chi connectivity index (χ0v) is 30.5. The van der Waals surface area contributed by atoms with Crippen LogP contribution in [0.15, 0.2) is 112 Å². The van der Waals surface area contributed by atoms with Gasteiger partial charge in [-0.15, -0.1) is 0 Å². The Hall–Kier alpha value is -6.27. The molecule has 0 unspecified atom stereocenters. The molecule has 11 rings (SSSR count). The quantitative estimate of drug-likeness (QED) is 0.171. The summed E-state index contributed by atoms with van der Waals surface area (Å²) in [6.45, 7) is 13.7. The fourth-order valence-corrected chi connectivity index (χ4v) is 8.14. The van der Waals surface area contributed by atoms with Gasteiger partial charge in [-0.3, -0.25) is 0 Å². The highest BCUT2D eigenvalue weighted by molar-refractivity contribution is 6.18. The Morgan fingerprint density at radius 3 is 1.34 bits per heavy atom. The number of rotatable bonds is 0. The predicted molar refractivity (Wildman–Crippen MR) is 216 cm³/mol. The van der Waals surface area contributed by atoms with Gasteiger partial charge in [0, 0.05) is 43.4 Å². The van der Waals surface area contributed by atoms with Crippen LogP contribution in [0.1, 0.15) is 52.7 Å². The highest BCUT2D eigenvalue weighted by Gasteiger charge is 2.27. The smallest absolute Gasteiger partial charge is 0.163 e. The number of fused-ring (bicyclic) bond motifs is 19. The lowest BCUT2D eigenvalue weighted by molar-refractivity contribution is 0.590. The van der Waals surface area contributed by atoms with E-state index in [1.165, 1.54) is 21.9 Å². The second-order valence-corrected chi connectivity index (χ2v) is 16.6. The van der Waals surface area contributed by atoms with Crippen molar-refractivity contribution in [2.75, 3.05) is 0 Å². The molecule has 1 N–H and O–H groups in total. The number of nitrogens with zero attached hydrogens (tertiary/aromatic N) is 3. The van der Waals surface area contributed by atoms with Crippen LogP contribution in [0.25, 0.3) is 111 Å². The first-order chi connectivity index (χ1) is 25.5. The van der Waals surface area contributed by atoms with Crippen LogP contribution in [0.5, 0.6) is 0 Å². The van der Waals surface area contributed by atoms with E-state index >= 15 is 0 Å². The van der Waals surface area contributed by atoms with E-state index in [4.69, 9.17) is 23.8 Å². The summed E-state index contributed by atoms with van der Waals surface area (Å²) in [7, 11) is 0. The van der Waals surface area contributed by atoms with Gasteiger partial charge in [0.15, 0.2) is 11.2 Å². The molecular formula is C47H36N4O2. The molecule has 4 aromatic carbocycles. The van der Waals surface area contributed by atoms with Gasteiger partial charge >= 0.3 is 0 Å². The number of nitrogens with one attached hydrogen (secondary N) is 1. The number of pyridine rings is 3. The molecule has 1 aliphatic rings. The Balaban J connectivity index is 1.40. The molecule has 1 aliphatic heterocycles. The van der Waals surface area contributed by atoms with Crippen LogP contribution in [-0.2, 0) is 10.8 Å². The van der Waals surface area contributed by atoms with Crippen molar-refractivity contribution in [3.8, 4) is 45.3 Å². The number of aromatic nitrogens is 4. The van der Waals surface area contributed by atoms with Crippen molar-refractivity contribution >= 4 is 65.7 Å². The van der Waals surface area contributed by atoms with E-state index < -0.39 is 0 Å². The lowest BCUT2D eigenvalue weighted by Gasteiger charge is -2.21.